The molecular formula is C12H22N2O4. The maximum Gasteiger partial charge on any atom is 0.290 e. The van der Waals surface area contributed by atoms with Gasteiger partial charge in [-0.1, -0.05) is 0 Å². The number of aliphatic hydroxyl groups excluding tert-OH is 1. The molecule has 0 saturated carbocycles. The van der Waals surface area contributed by atoms with Crippen LogP contribution in [0, 0.1) is 5.41 Å². The summed E-state index contributed by atoms with van der Waals surface area (Å²) in [7, 11) is 0. The number of carbonyl (C=O) groups is 2. The monoisotopic (exact) mass is 258 g/mol. The van der Waals surface area contributed by atoms with Crippen LogP contribution in [0.1, 0.15) is 25.7 Å². The van der Waals surface area contributed by atoms with Gasteiger partial charge in [-0.2, -0.15) is 0 Å². The molecule has 2 heterocycles. The molecule has 1 spiro atoms. The standard InChI is InChI=1S/C11H20N2O2.CH2O2/c14-7-6-13-9-11(4-2-10(13)15)3-1-5-12-8-11;2-1-3/h12,14H,1-9H2;1H,(H,2,3). The van der Waals surface area contributed by atoms with E-state index in [4.69, 9.17) is 15.0 Å². The predicted molar refractivity (Wildman–Crippen MR) is 66.1 cm³/mol. The van der Waals surface area contributed by atoms with E-state index in [-0.39, 0.29) is 19.0 Å². The largest absolute Gasteiger partial charge is 0.483 e. The molecule has 1 unspecified atom stereocenters. The molecule has 6 nitrogen and oxygen atoms in total. The van der Waals surface area contributed by atoms with Gasteiger partial charge < -0.3 is 20.4 Å². The number of hydrogen-bond acceptors (Lipinski definition) is 4. The molecule has 0 bridgehead atoms. The van der Waals surface area contributed by atoms with E-state index in [0.717, 1.165) is 26.1 Å². The van der Waals surface area contributed by atoms with Crippen LogP contribution in [0.4, 0.5) is 0 Å². The fourth-order valence-corrected chi connectivity index (χ4v) is 2.81. The Hall–Kier alpha value is -1.14. The van der Waals surface area contributed by atoms with Gasteiger partial charge in [0.15, 0.2) is 0 Å². The van der Waals surface area contributed by atoms with Gasteiger partial charge in [0.05, 0.1) is 6.61 Å². The molecule has 2 rings (SSSR count). The first kappa shape index (κ1) is 14.9. The van der Waals surface area contributed by atoms with Gasteiger partial charge in [0.2, 0.25) is 5.91 Å². The third kappa shape index (κ3) is 3.96. The van der Waals surface area contributed by atoms with Gasteiger partial charge in [-0.3, -0.25) is 9.59 Å². The highest BCUT2D eigenvalue weighted by Crippen LogP contribution is 2.36. The van der Waals surface area contributed by atoms with Crippen LogP contribution >= 0.6 is 0 Å². The van der Waals surface area contributed by atoms with Crippen LogP contribution in [0.25, 0.3) is 0 Å². The predicted octanol–water partition coefficient (Wildman–Crippen LogP) is -0.328. The van der Waals surface area contributed by atoms with Gasteiger partial charge in [0.25, 0.3) is 6.47 Å². The number of likely N-dealkylation sites (tertiary alicyclic amines) is 1. The van der Waals surface area contributed by atoms with E-state index in [1.54, 1.807) is 0 Å². The zero-order valence-electron chi connectivity index (χ0n) is 10.6. The van der Waals surface area contributed by atoms with Crippen LogP contribution in [0.3, 0.4) is 0 Å². The summed E-state index contributed by atoms with van der Waals surface area (Å²) in [6.45, 7) is 3.30. The summed E-state index contributed by atoms with van der Waals surface area (Å²) >= 11 is 0. The number of carboxylic acid groups (broad SMARTS) is 1. The first-order chi connectivity index (χ1) is 8.67. The van der Waals surface area contributed by atoms with Crippen LogP contribution in [0.2, 0.25) is 0 Å². The maximum atomic E-state index is 11.6. The smallest absolute Gasteiger partial charge is 0.290 e. The van der Waals surface area contributed by atoms with Crippen molar-refractivity contribution in [1.82, 2.24) is 10.2 Å². The Morgan fingerprint density at radius 1 is 1.44 bits per heavy atom. The molecule has 1 amide bonds. The van der Waals surface area contributed by atoms with Crippen LogP contribution in [-0.4, -0.2) is 60.3 Å². The number of β-amino-alcohol motifs (C(OH)–C–C–N with tert-alkyl or cyclic N) is 1. The molecule has 18 heavy (non-hydrogen) atoms. The molecule has 104 valence electrons. The zero-order chi connectivity index (χ0) is 13.4. The van der Waals surface area contributed by atoms with Crippen molar-refractivity contribution in [1.29, 1.82) is 0 Å². The van der Waals surface area contributed by atoms with Crippen molar-refractivity contribution in [3.8, 4) is 0 Å². The van der Waals surface area contributed by atoms with Gasteiger partial charge in [-0.15, -0.1) is 0 Å². The minimum Gasteiger partial charge on any atom is -0.483 e. The average Bonchev–Trinajstić information content (AvgIpc) is 2.37. The second-order valence-electron chi connectivity index (χ2n) is 4.92. The minimum absolute atomic E-state index is 0.0786. The highest BCUT2D eigenvalue weighted by Gasteiger charge is 2.39. The Morgan fingerprint density at radius 3 is 2.72 bits per heavy atom. The first-order valence-corrected chi connectivity index (χ1v) is 6.35. The second-order valence-corrected chi connectivity index (χ2v) is 4.92. The second kappa shape index (κ2) is 7.33. The summed E-state index contributed by atoms with van der Waals surface area (Å²) < 4.78 is 0. The van der Waals surface area contributed by atoms with Crippen molar-refractivity contribution in [2.75, 3.05) is 32.8 Å². The lowest BCUT2D eigenvalue weighted by molar-refractivity contribution is -0.138. The topological polar surface area (TPSA) is 89.9 Å². The molecule has 2 aliphatic rings. The first-order valence-electron chi connectivity index (χ1n) is 6.35. The molecular weight excluding hydrogens is 236 g/mol. The maximum absolute atomic E-state index is 11.6. The number of aliphatic hydroxyl groups is 1. The van der Waals surface area contributed by atoms with Gasteiger partial charge in [0, 0.05) is 31.5 Å². The number of rotatable bonds is 2. The molecule has 2 saturated heterocycles. The lowest BCUT2D eigenvalue weighted by atomic mass is 9.74. The van der Waals surface area contributed by atoms with E-state index in [1.165, 1.54) is 12.8 Å². The number of hydrogen-bond donors (Lipinski definition) is 3. The highest BCUT2D eigenvalue weighted by molar-refractivity contribution is 5.77. The molecule has 2 aliphatic heterocycles. The quantitative estimate of drug-likeness (QED) is 0.590. The van der Waals surface area contributed by atoms with E-state index in [2.05, 4.69) is 5.32 Å². The molecule has 3 N–H and O–H groups in total. The summed E-state index contributed by atoms with van der Waals surface area (Å²) in [6, 6.07) is 0. The molecule has 0 radical (unpaired) electrons. The molecule has 0 aliphatic carbocycles. The minimum atomic E-state index is -0.250. The van der Waals surface area contributed by atoms with E-state index < -0.39 is 0 Å². The molecule has 0 aromatic heterocycles. The van der Waals surface area contributed by atoms with Crippen molar-refractivity contribution in [2.45, 2.75) is 25.7 Å². The van der Waals surface area contributed by atoms with Crippen LogP contribution < -0.4 is 5.32 Å². The molecule has 1 atom stereocenters. The Bertz CT molecular complexity index is 277. The van der Waals surface area contributed by atoms with Crippen molar-refractivity contribution >= 4 is 12.4 Å². The number of piperidine rings is 2. The lowest BCUT2D eigenvalue weighted by Gasteiger charge is -2.45. The molecule has 0 aromatic rings. The summed E-state index contributed by atoms with van der Waals surface area (Å²) in [6.07, 6.45) is 4.10. The fourth-order valence-electron chi connectivity index (χ4n) is 2.81. The van der Waals surface area contributed by atoms with Gasteiger partial charge >= 0.3 is 0 Å². The van der Waals surface area contributed by atoms with Crippen LogP contribution in [0.15, 0.2) is 0 Å². The van der Waals surface area contributed by atoms with Gasteiger partial charge in [0.1, 0.15) is 0 Å². The number of nitrogens with one attached hydrogen (secondary N) is 1. The Balaban J connectivity index is 0.000000492. The fraction of sp³-hybridized carbons (Fsp3) is 0.833. The Kier molecular flexibility index (Phi) is 6.07. The van der Waals surface area contributed by atoms with Crippen molar-refractivity contribution < 1.29 is 19.8 Å². The molecule has 0 aromatic carbocycles. The highest BCUT2D eigenvalue weighted by atomic mass is 16.3. The van der Waals surface area contributed by atoms with Crippen LogP contribution in [0.5, 0.6) is 0 Å². The van der Waals surface area contributed by atoms with Gasteiger partial charge in [-0.25, -0.2) is 0 Å². The summed E-state index contributed by atoms with van der Waals surface area (Å²) in [5.74, 6) is 0.209. The summed E-state index contributed by atoms with van der Waals surface area (Å²) in [5, 5.41) is 19.2. The third-order valence-electron chi connectivity index (χ3n) is 3.68. The lowest BCUT2D eigenvalue weighted by Crippen LogP contribution is -2.53. The number of nitrogens with zero attached hydrogens (tertiary/aromatic N) is 1. The van der Waals surface area contributed by atoms with Crippen molar-refractivity contribution in [2.24, 2.45) is 5.41 Å². The van der Waals surface area contributed by atoms with Crippen LogP contribution in [-0.2, 0) is 9.59 Å². The number of carbonyl (C=O) groups excluding carboxylic acids is 1. The normalized spacial score (nSPS) is 27.6. The Morgan fingerprint density at radius 2 is 2.17 bits per heavy atom. The summed E-state index contributed by atoms with van der Waals surface area (Å²) in [5.41, 5.74) is 0.293. The van der Waals surface area contributed by atoms with Crippen molar-refractivity contribution in [3.05, 3.63) is 0 Å². The van der Waals surface area contributed by atoms with E-state index in [0.29, 0.717) is 18.4 Å². The SMILES string of the molecule is O=C1CCC2(CCCNC2)CN1CCO.O=CO. The third-order valence-corrected chi connectivity index (χ3v) is 3.68. The van der Waals surface area contributed by atoms with E-state index in [9.17, 15) is 4.79 Å². The average molecular weight is 258 g/mol. The van der Waals surface area contributed by atoms with E-state index in [1.807, 2.05) is 4.90 Å². The van der Waals surface area contributed by atoms with Crippen molar-refractivity contribution in [3.63, 3.8) is 0 Å². The summed E-state index contributed by atoms with van der Waals surface area (Å²) in [4.78, 5) is 21.8. The molecule has 2 fully saturated rings. The molecule has 6 heteroatoms. The van der Waals surface area contributed by atoms with E-state index >= 15 is 0 Å². The zero-order valence-corrected chi connectivity index (χ0v) is 10.6. The Labute approximate surface area is 107 Å². The van der Waals surface area contributed by atoms with Gasteiger partial charge in [-0.05, 0) is 25.8 Å². The number of amides is 1.